The van der Waals surface area contributed by atoms with Crippen LogP contribution in [0.5, 0.6) is 5.75 Å². The molecule has 1 aromatic rings. The van der Waals surface area contributed by atoms with Crippen LogP contribution in [0.25, 0.3) is 0 Å². The van der Waals surface area contributed by atoms with Crippen LogP contribution < -0.4 is 10.1 Å². The maximum atomic E-state index is 11.8. The van der Waals surface area contributed by atoms with Gasteiger partial charge in [-0.3, -0.25) is 0 Å². The Bertz CT molecular complexity index is 568. The molecule has 0 spiro atoms. The van der Waals surface area contributed by atoms with Crippen molar-refractivity contribution in [1.29, 1.82) is 0 Å². The molecule has 0 aliphatic carbocycles. The van der Waals surface area contributed by atoms with Crippen molar-refractivity contribution in [1.82, 2.24) is 5.32 Å². The summed E-state index contributed by atoms with van der Waals surface area (Å²) in [6.07, 6.45) is 3.31. The Morgan fingerprint density at radius 2 is 2.15 bits per heavy atom. The zero-order valence-electron chi connectivity index (χ0n) is 12.3. The summed E-state index contributed by atoms with van der Waals surface area (Å²) in [5.41, 5.74) is 2.20. The van der Waals surface area contributed by atoms with Crippen LogP contribution in [-0.4, -0.2) is 33.1 Å². The van der Waals surface area contributed by atoms with Crippen molar-refractivity contribution in [3.8, 4) is 5.75 Å². The molecule has 2 unspecified atom stereocenters. The molecule has 1 heterocycles. The first kappa shape index (κ1) is 15.3. The monoisotopic (exact) mass is 297 g/mol. The molecule has 0 radical (unpaired) electrons. The summed E-state index contributed by atoms with van der Waals surface area (Å²) >= 11 is 0. The van der Waals surface area contributed by atoms with E-state index < -0.39 is 15.1 Å². The predicted molar refractivity (Wildman–Crippen MR) is 81.0 cm³/mol. The van der Waals surface area contributed by atoms with Gasteiger partial charge in [-0.15, -0.1) is 0 Å². The van der Waals surface area contributed by atoms with Crippen molar-refractivity contribution >= 4 is 9.84 Å². The van der Waals surface area contributed by atoms with Crippen LogP contribution in [-0.2, 0) is 16.3 Å². The normalized spacial score (nSPS) is 17.9. The number of hydrogen-bond donors (Lipinski definition) is 1. The minimum absolute atomic E-state index is 0.178. The number of nitrogens with one attached hydrogen (secondary N) is 1. The highest BCUT2D eigenvalue weighted by atomic mass is 32.2. The maximum Gasteiger partial charge on any atom is 0.151 e. The minimum Gasteiger partial charge on any atom is -0.493 e. The fourth-order valence-corrected chi connectivity index (χ4v) is 3.34. The molecular weight excluding hydrogens is 274 g/mol. The lowest BCUT2D eigenvalue weighted by molar-refractivity contribution is 0.288. The Morgan fingerprint density at radius 1 is 1.40 bits per heavy atom. The Labute approximate surface area is 121 Å². The van der Waals surface area contributed by atoms with Gasteiger partial charge in [0.25, 0.3) is 0 Å². The molecular formula is C15H23NO3S. The molecule has 1 aliphatic rings. The van der Waals surface area contributed by atoms with Gasteiger partial charge in [0.2, 0.25) is 0 Å². The summed E-state index contributed by atoms with van der Waals surface area (Å²) in [6, 6.07) is 5.84. The van der Waals surface area contributed by atoms with Crippen LogP contribution >= 0.6 is 0 Å². The molecule has 1 N–H and O–H groups in total. The van der Waals surface area contributed by atoms with Gasteiger partial charge in [-0.2, -0.15) is 0 Å². The van der Waals surface area contributed by atoms with Gasteiger partial charge >= 0.3 is 0 Å². The van der Waals surface area contributed by atoms with E-state index in [1.165, 1.54) is 11.8 Å². The lowest BCUT2D eigenvalue weighted by atomic mass is 9.98. The Morgan fingerprint density at radius 3 is 2.80 bits per heavy atom. The quantitative estimate of drug-likeness (QED) is 0.904. The highest BCUT2D eigenvalue weighted by molar-refractivity contribution is 7.91. The fraction of sp³-hybridized carbons (Fsp3) is 0.600. The van der Waals surface area contributed by atoms with Crippen molar-refractivity contribution in [2.75, 3.05) is 19.4 Å². The van der Waals surface area contributed by atoms with Gasteiger partial charge < -0.3 is 10.1 Å². The highest BCUT2D eigenvalue weighted by Gasteiger charge is 2.27. The van der Waals surface area contributed by atoms with Crippen LogP contribution in [0.4, 0.5) is 0 Å². The van der Waals surface area contributed by atoms with Crippen molar-refractivity contribution in [2.24, 2.45) is 0 Å². The molecule has 0 bridgehead atoms. The largest absolute Gasteiger partial charge is 0.493 e. The Kier molecular flexibility index (Phi) is 4.70. The van der Waals surface area contributed by atoms with Gasteiger partial charge in [0.05, 0.1) is 11.9 Å². The number of rotatable bonds is 5. The van der Waals surface area contributed by atoms with E-state index in [9.17, 15) is 8.42 Å². The van der Waals surface area contributed by atoms with E-state index in [0.29, 0.717) is 0 Å². The molecule has 1 aromatic carbocycles. The highest BCUT2D eigenvalue weighted by Crippen LogP contribution is 2.30. The number of benzene rings is 1. The minimum atomic E-state index is -3.09. The summed E-state index contributed by atoms with van der Waals surface area (Å²) in [6.45, 7) is 5.25. The van der Waals surface area contributed by atoms with E-state index in [2.05, 4.69) is 11.4 Å². The van der Waals surface area contributed by atoms with Gasteiger partial charge in [0, 0.05) is 12.3 Å². The van der Waals surface area contributed by atoms with E-state index in [0.717, 1.165) is 37.3 Å². The van der Waals surface area contributed by atoms with E-state index in [1.807, 2.05) is 19.1 Å². The number of fused-ring (bicyclic) bond motifs is 1. The lowest BCUT2D eigenvalue weighted by Crippen LogP contribution is -2.35. The Hall–Kier alpha value is -1.07. The third kappa shape index (κ3) is 3.33. The molecule has 1 aliphatic heterocycles. The SMILES string of the molecule is CCNC(c1ccc2c(c1)CCCO2)C(C)S(C)(=O)=O. The first-order valence-corrected chi connectivity index (χ1v) is 9.06. The topological polar surface area (TPSA) is 55.4 Å². The summed E-state index contributed by atoms with van der Waals surface area (Å²) in [5.74, 6) is 0.933. The van der Waals surface area contributed by atoms with E-state index >= 15 is 0 Å². The lowest BCUT2D eigenvalue weighted by Gasteiger charge is -2.26. The summed E-state index contributed by atoms with van der Waals surface area (Å²) in [4.78, 5) is 0. The molecule has 0 aromatic heterocycles. The van der Waals surface area contributed by atoms with E-state index in [4.69, 9.17) is 4.74 Å². The smallest absolute Gasteiger partial charge is 0.151 e. The van der Waals surface area contributed by atoms with Gasteiger partial charge in [-0.25, -0.2) is 8.42 Å². The standard InChI is InChI=1S/C15H23NO3S/c1-4-16-15(11(2)20(3,17)18)13-7-8-14-12(10-13)6-5-9-19-14/h7-8,10-11,15-16H,4-6,9H2,1-3H3. The average molecular weight is 297 g/mol. The van der Waals surface area contributed by atoms with Crippen LogP contribution in [0, 0.1) is 0 Å². The van der Waals surface area contributed by atoms with Gasteiger partial charge in [0.15, 0.2) is 9.84 Å². The zero-order chi connectivity index (χ0) is 14.8. The summed E-state index contributed by atoms with van der Waals surface area (Å²) in [7, 11) is -3.09. The Balaban J connectivity index is 2.34. The molecule has 2 rings (SSSR count). The van der Waals surface area contributed by atoms with Crippen LogP contribution in [0.2, 0.25) is 0 Å². The van der Waals surface area contributed by atoms with E-state index in [1.54, 1.807) is 6.92 Å². The van der Waals surface area contributed by atoms with Crippen LogP contribution in [0.3, 0.4) is 0 Å². The molecule has 0 fully saturated rings. The molecule has 0 saturated heterocycles. The summed E-state index contributed by atoms with van der Waals surface area (Å²) < 4.78 is 29.3. The molecule has 112 valence electrons. The van der Waals surface area contributed by atoms with Crippen molar-refractivity contribution in [2.45, 2.75) is 38.0 Å². The zero-order valence-corrected chi connectivity index (χ0v) is 13.2. The maximum absolute atomic E-state index is 11.8. The first-order chi connectivity index (χ1) is 9.43. The average Bonchev–Trinajstić information content (AvgIpc) is 2.42. The molecule has 2 atom stereocenters. The fourth-order valence-electron chi connectivity index (χ4n) is 2.60. The second-order valence-corrected chi connectivity index (χ2v) is 7.79. The van der Waals surface area contributed by atoms with Crippen molar-refractivity contribution < 1.29 is 13.2 Å². The second-order valence-electron chi connectivity index (χ2n) is 5.39. The number of ether oxygens (including phenoxy) is 1. The number of hydrogen-bond acceptors (Lipinski definition) is 4. The number of sulfone groups is 1. The number of aryl methyl sites for hydroxylation is 1. The molecule has 0 amide bonds. The van der Waals surface area contributed by atoms with Crippen LogP contribution in [0.15, 0.2) is 18.2 Å². The van der Waals surface area contributed by atoms with Crippen molar-refractivity contribution in [3.63, 3.8) is 0 Å². The summed E-state index contributed by atoms with van der Waals surface area (Å²) in [5, 5.41) is 2.84. The molecule has 5 heteroatoms. The van der Waals surface area contributed by atoms with Crippen LogP contribution in [0.1, 0.15) is 37.4 Å². The van der Waals surface area contributed by atoms with E-state index in [-0.39, 0.29) is 6.04 Å². The van der Waals surface area contributed by atoms with Crippen molar-refractivity contribution in [3.05, 3.63) is 29.3 Å². The predicted octanol–water partition coefficient (Wildman–Crippen LogP) is 2.10. The third-order valence-corrected chi connectivity index (χ3v) is 5.48. The molecule has 0 saturated carbocycles. The van der Waals surface area contributed by atoms with Gasteiger partial charge in [-0.05, 0) is 43.5 Å². The molecule has 20 heavy (non-hydrogen) atoms. The van der Waals surface area contributed by atoms with Gasteiger partial charge in [0.1, 0.15) is 5.75 Å². The molecule has 4 nitrogen and oxygen atoms in total. The second kappa shape index (κ2) is 6.14. The first-order valence-electron chi connectivity index (χ1n) is 7.11. The third-order valence-electron chi connectivity index (χ3n) is 3.86. The van der Waals surface area contributed by atoms with Gasteiger partial charge in [-0.1, -0.05) is 19.1 Å².